The molecule has 0 fully saturated rings. The van der Waals surface area contributed by atoms with Crippen LogP contribution in [-0.4, -0.2) is 34.7 Å². The van der Waals surface area contributed by atoms with Crippen molar-refractivity contribution in [3.8, 4) is 5.75 Å². The van der Waals surface area contributed by atoms with Crippen molar-refractivity contribution in [1.29, 1.82) is 0 Å². The molecule has 160 valence electrons. The van der Waals surface area contributed by atoms with Gasteiger partial charge in [-0.15, -0.1) is 0 Å². The summed E-state index contributed by atoms with van der Waals surface area (Å²) in [5, 5.41) is 2.64. The highest BCUT2D eigenvalue weighted by Crippen LogP contribution is 2.40. The number of carbonyl (C=O) groups is 1. The van der Waals surface area contributed by atoms with Crippen LogP contribution in [0, 0.1) is 0 Å². The molecule has 1 aromatic carbocycles. The monoisotopic (exact) mass is 417 g/mol. The number of nitrogens with one attached hydrogen (secondary N) is 1. The molecule has 0 unspecified atom stereocenters. The summed E-state index contributed by atoms with van der Waals surface area (Å²) in [5.41, 5.74) is 0.585. The summed E-state index contributed by atoms with van der Waals surface area (Å²) < 4.78 is 26.9. The molecular weight excluding hydrogens is 385 g/mol. The smallest absolute Gasteiger partial charge is 0.469 e. The van der Waals surface area contributed by atoms with Crippen molar-refractivity contribution >= 4 is 13.9 Å². The first-order chi connectivity index (χ1) is 13.1. The van der Waals surface area contributed by atoms with Gasteiger partial charge >= 0.3 is 13.9 Å². The standard InChI is InChI=1S/C19H32NO7P/c1-5-6-7-8-12-25-19(21)20-18(15(4)27-28(22,23)24)16-10-9-11-17(13-16)26-14(2)3/h9-11,13-15,18H,5-8,12H2,1-4H3,(H,20,21)(H2,22,23,24)/t15-,18-/m0/s1. The predicted octanol–water partition coefficient (Wildman–Crippen LogP) is 4.32. The minimum Gasteiger partial charge on any atom is -0.491 e. The van der Waals surface area contributed by atoms with Crippen LogP contribution < -0.4 is 10.1 Å². The van der Waals surface area contributed by atoms with Crippen LogP contribution in [0.3, 0.4) is 0 Å². The molecule has 0 saturated heterocycles. The first-order valence-electron chi connectivity index (χ1n) is 9.56. The number of hydrogen-bond acceptors (Lipinski definition) is 5. The van der Waals surface area contributed by atoms with Crippen molar-refractivity contribution in [3.05, 3.63) is 29.8 Å². The Balaban J connectivity index is 2.87. The van der Waals surface area contributed by atoms with Gasteiger partial charge < -0.3 is 24.6 Å². The molecule has 1 rings (SSSR count). The second kappa shape index (κ2) is 12.1. The third-order valence-electron chi connectivity index (χ3n) is 3.87. The van der Waals surface area contributed by atoms with Crippen LogP contribution in [0.4, 0.5) is 4.79 Å². The summed E-state index contributed by atoms with van der Waals surface area (Å²) in [7, 11) is -4.73. The summed E-state index contributed by atoms with van der Waals surface area (Å²) in [4.78, 5) is 30.4. The Morgan fingerprint density at radius 2 is 1.89 bits per heavy atom. The number of benzene rings is 1. The average molecular weight is 417 g/mol. The van der Waals surface area contributed by atoms with Gasteiger partial charge in [0.1, 0.15) is 5.75 Å². The van der Waals surface area contributed by atoms with E-state index in [0.29, 0.717) is 11.3 Å². The summed E-state index contributed by atoms with van der Waals surface area (Å²) in [6, 6.07) is 6.10. The topological polar surface area (TPSA) is 114 Å². The molecule has 3 N–H and O–H groups in total. The van der Waals surface area contributed by atoms with Gasteiger partial charge in [-0.1, -0.05) is 38.3 Å². The quantitative estimate of drug-likeness (QED) is 0.343. The Morgan fingerprint density at radius 3 is 2.50 bits per heavy atom. The Kier molecular flexibility index (Phi) is 10.5. The first kappa shape index (κ1) is 24.4. The molecule has 28 heavy (non-hydrogen) atoms. The molecule has 1 amide bonds. The van der Waals surface area contributed by atoms with E-state index in [9.17, 15) is 9.36 Å². The molecule has 0 heterocycles. The molecule has 0 bridgehead atoms. The van der Waals surface area contributed by atoms with E-state index in [1.807, 2.05) is 13.8 Å². The lowest BCUT2D eigenvalue weighted by Crippen LogP contribution is -2.36. The molecule has 0 aliphatic rings. The lowest BCUT2D eigenvalue weighted by molar-refractivity contribution is 0.0992. The highest BCUT2D eigenvalue weighted by molar-refractivity contribution is 7.46. The Morgan fingerprint density at radius 1 is 1.18 bits per heavy atom. The molecule has 0 aliphatic carbocycles. The average Bonchev–Trinajstić information content (AvgIpc) is 2.57. The van der Waals surface area contributed by atoms with Gasteiger partial charge in [-0.05, 0) is 44.9 Å². The van der Waals surface area contributed by atoms with E-state index < -0.39 is 26.1 Å². The normalized spacial score (nSPS) is 13.8. The Labute approximate surface area is 166 Å². The molecule has 0 spiro atoms. The van der Waals surface area contributed by atoms with Crippen LogP contribution in [-0.2, 0) is 13.8 Å². The predicted molar refractivity (Wildman–Crippen MR) is 106 cm³/mol. The van der Waals surface area contributed by atoms with Crippen LogP contribution in [0.5, 0.6) is 5.75 Å². The largest absolute Gasteiger partial charge is 0.491 e. The molecule has 0 saturated carbocycles. The van der Waals surface area contributed by atoms with Crippen molar-refractivity contribution < 1.29 is 33.1 Å². The van der Waals surface area contributed by atoms with E-state index in [1.54, 1.807) is 24.3 Å². The number of hydrogen-bond donors (Lipinski definition) is 3. The maximum atomic E-state index is 12.2. The fourth-order valence-electron chi connectivity index (χ4n) is 2.66. The maximum absolute atomic E-state index is 12.2. The molecular formula is C19H32NO7P. The van der Waals surface area contributed by atoms with E-state index in [1.165, 1.54) is 6.92 Å². The van der Waals surface area contributed by atoms with Crippen molar-refractivity contribution in [3.63, 3.8) is 0 Å². The van der Waals surface area contributed by atoms with Crippen molar-refractivity contribution in [1.82, 2.24) is 5.32 Å². The number of carbonyl (C=O) groups excluding carboxylic acids is 1. The lowest BCUT2D eigenvalue weighted by atomic mass is 10.0. The lowest BCUT2D eigenvalue weighted by Gasteiger charge is -2.26. The third kappa shape index (κ3) is 10.1. The van der Waals surface area contributed by atoms with E-state index in [2.05, 4.69) is 12.2 Å². The van der Waals surface area contributed by atoms with Gasteiger partial charge in [0.05, 0.1) is 24.9 Å². The van der Waals surface area contributed by atoms with Crippen LogP contribution >= 0.6 is 7.82 Å². The van der Waals surface area contributed by atoms with E-state index in [0.717, 1.165) is 25.7 Å². The van der Waals surface area contributed by atoms with E-state index in [4.69, 9.17) is 23.8 Å². The zero-order valence-electron chi connectivity index (χ0n) is 17.0. The van der Waals surface area contributed by atoms with Gasteiger partial charge in [0.15, 0.2) is 0 Å². The third-order valence-corrected chi connectivity index (χ3v) is 4.47. The summed E-state index contributed by atoms with van der Waals surface area (Å²) in [5.74, 6) is 0.579. The van der Waals surface area contributed by atoms with Gasteiger partial charge in [0, 0.05) is 0 Å². The first-order valence-corrected chi connectivity index (χ1v) is 11.1. The highest BCUT2D eigenvalue weighted by Gasteiger charge is 2.29. The van der Waals surface area contributed by atoms with Crippen LogP contribution in [0.1, 0.15) is 65.0 Å². The summed E-state index contributed by atoms with van der Waals surface area (Å²) in [6.07, 6.45) is 2.18. The van der Waals surface area contributed by atoms with Crippen LogP contribution in [0.2, 0.25) is 0 Å². The van der Waals surface area contributed by atoms with Crippen LogP contribution in [0.15, 0.2) is 24.3 Å². The van der Waals surface area contributed by atoms with E-state index >= 15 is 0 Å². The molecule has 0 aliphatic heterocycles. The fourth-order valence-corrected chi connectivity index (χ4v) is 3.22. The molecule has 0 radical (unpaired) electrons. The van der Waals surface area contributed by atoms with E-state index in [-0.39, 0.29) is 12.7 Å². The number of rotatable bonds is 12. The van der Waals surface area contributed by atoms with Gasteiger partial charge in [0.25, 0.3) is 0 Å². The fraction of sp³-hybridized carbons (Fsp3) is 0.632. The number of phosphoric ester groups is 1. The SMILES string of the molecule is CCCCCCOC(=O)N[C@H](c1cccc(OC(C)C)c1)[C@H](C)OP(=O)(O)O. The zero-order chi connectivity index (χ0) is 21.2. The van der Waals surface area contributed by atoms with Gasteiger partial charge in [-0.3, -0.25) is 4.52 Å². The van der Waals surface area contributed by atoms with Gasteiger partial charge in [-0.25, -0.2) is 9.36 Å². The number of unbranched alkanes of at least 4 members (excludes halogenated alkanes) is 3. The van der Waals surface area contributed by atoms with Crippen molar-refractivity contribution in [2.24, 2.45) is 0 Å². The van der Waals surface area contributed by atoms with Crippen LogP contribution in [0.25, 0.3) is 0 Å². The van der Waals surface area contributed by atoms with Gasteiger partial charge in [-0.2, -0.15) is 0 Å². The molecule has 0 aromatic heterocycles. The summed E-state index contributed by atoms with van der Waals surface area (Å²) in [6.45, 7) is 7.62. The maximum Gasteiger partial charge on any atom is 0.469 e. The van der Waals surface area contributed by atoms with Crippen molar-refractivity contribution in [2.45, 2.75) is 71.6 Å². The van der Waals surface area contributed by atoms with Crippen molar-refractivity contribution in [2.75, 3.05) is 6.61 Å². The second-order valence-corrected chi connectivity index (χ2v) is 8.05. The molecule has 9 heteroatoms. The molecule has 2 atom stereocenters. The summed E-state index contributed by atoms with van der Waals surface area (Å²) >= 11 is 0. The highest BCUT2D eigenvalue weighted by atomic mass is 31.2. The second-order valence-electron chi connectivity index (χ2n) is 6.86. The minimum atomic E-state index is -4.73. The van der Waals surface area contributed by atoms with Gasteiger partial charge in [0.2, 0.25) is 0 Å². The zero-order valence-corrected chi connectivity index (χ0v) is 17.9. The number of phosphoric acid groups is 1. The Hall–Kier alpha value is -1.60. The molecule has 1 aromatic rings. The minimum absolute atomic E-state index is 0.0430. The molecule has 8 nitrogen and oxygen atoms in total. The number of alkyl carbamates (subject to hydrolysis) is 1. The Bertz CT molecular complexity index is 647. The number of amides is 1. The number of ether oxygens (including phenoxy) is 2.